The van der Waals surface area contributed by atoms with Crippen molar-refractivity contribution in [2.75, 3.05) is 18.5 Å². The molecule has 9 nitrogen and oxygen atoms in total. The number of anilines is 1. The van der Waals surface area contributed by atoms with E-state index in [1.54, 1.807) is 0 Å². The average Bonchev–Trinajstić information content (AvgIpc) is 3.46. The fraction of sp³-hybridized carbons (Fsp3) is 0.474. The molecule has 2 amide bonds. The van der Waals surface area contributed by atoms with E-state index >= 15 is 0 Å². The molecule has 1 heterocycles. The number of fused-ring (bicyclic) bond motifs is 2. The van der Waals surface area contributed by atoms with Gasteiger partial charge in [0, 0.05) is 5.69 Å². The maximum atomic E-state index is 12.9. The summed E-state index contributed by atoms with van der Waals surface area (Å²) in [5, 5.41) is 37.3. The molecule has 0 fully saturated rings. The number of aliphatic hydroxyl groups excluding tert-OH is 2. The molecule has 11 heteroatoms. The highest BCUT2D eigenvalue weighted by Crippen LogP contribution is 2.38. The van der Waals surface area contributed by atoms with Gasteiger partial charge in [-0.05, 0) is 60.8 Å². The van der Waals surface area contributed by atoms with Gasteiger partial charge in [0.05, 0.1) is 19.4 Å². The van der Waals surface area contributed by atoms with E-state index in [0.717, 1.165) is 72.9 Å². The molecular formula is C19H24N4O5S2. The number of hydrogen-bond acceptors (Lipinski definition) is 7. The summed E-state index contributed by atoms with van der Waals surface area (Å²) in [6.07, 6.45) is 6.94. The zero-order valence-electron chi connectivity index (χ0n) is 16.3. The van der Waals surface area contributed by atoms with E-state index in [4.69, 9.17) is 5.14 Å². The Morgan fingerprint density at radius 2 is 1.80 bits per heavy atom. The van der Waals surface area contributed by atoms with Crippen LogP contribution in [0.15, 0.2) is 20.8 Å². The monoisotopic (exact) mass is 452 g/mol. The van der Waals surface area contributed by atoms with Gasteiger partial charge in [0.25, 0.3) is 0 Å². The highest BCUT2D eigenvalue weighted by molar-refractivity contribution is 7.93. The second-order valence-electron chi connectivity index (χ2n) is 7.66. The highest BCUT2D eigenvalue weighted by Gasteiger charge is 2.32. The second kappa shape index (κ2) is 7.98. The Morgan fingerprint density at radius 1 is 1.20 bits per heavy atom. The minimum absolute atomic E-state index is 0.0310. The third-order valence-corrected chi connectivity index (χ3v) is 8.69. The average molecular weight is 453 g/mol. The molecule has 2 aromatic rings. The summed E-state index contributed by atoms with van der Waals surface area (Å²) in [7, 11) is -3.62. The number of benzene rings is 1. The largest absolute Gasteiger partial charge is 0.393 e. The van der Waals surface area contributed by atoms with Crippen LogP contribution >= 0.6 is 11.3 Å². The molecule has 2 aliphatic carbocycles. The number of hydrogen-bond donors (Lipinski definition) is 5. The Bertz CT molecular complexity index is 1080. The first-order valence-electron chi connectivity index (χ1n) is 9.70. The van der Waals surface area contributed by atoms with Gasteiger partial charge >= 0.3 is 6.03 Å². The molecule has 4 rings (SSSR count). The van der Waals surface area contributed by atoms with Gasteiger partial charge in [0.2, 0.25) is 0 Å². The first-order chi connectivity index (χ1) is 14.3. The van der Waals surface area contributed by atoms with Crippen molar-refractivity contribution >= 4 is 33.0 Å². The molecule has 0 saturated heterocycles. The zero-order chi connectivity index (χ0) is 21.5. The number of carbonyl (C=O) groups excluding carboxylic acids is 1. The van der Waals surface area contributed by atoms with Crippen LogP contribution < -0.4 is 10.5 Å². The minimum Gasteiger partial charge on any atom is -0.393 e. The van der Waals surface area contributed by atoms with Gasteiger partial charge in [-0.2, -0.15) is 0 Å². The van der Waals surface area contributed by atoms with Crippen LogP contribution in [0.2, 0.25) is 0 Å². The molecule has 1 unspecified atom stereocenters. The van der Waals surface area contributed by atoms with Crippen molar-refractivity contribution in [2.24, 2.45) is 9.50 Å². The van der Waals surface area contributed by atoms with Crippen LogP contribution in [-0.4, -0.2) is 43.8 Å². The fourth-order valence-corrected chi connectivity index (χ4v) is 6.19. The summed E-state index contributed by atoms with van der Waals surface area (Å²) in [4.78, 5) is 16.5. The summed E-state index contributed by atoms with van der Waals surface area (Å²) >= 11 is 0.729. The molecule has 162 valence electrons. The van der Waals surface area contributed by atoms with Crippen LogP contribution in [0.5, 0.6) is 0 Å². The van der Waals surface area contributed by atoms with Gasteiger partial charge < -0.3 is 20.6 Å². The van der Waals surface area contributed by atoms with Crippen LogP contribution in [0.1, 0.15) is 40.1 Å². The van der Waals surface area contributed by atoms with E-state index in [-0.39, 0.29) is 9.22 Å². The van der Waals surface area contributed by atoms with Crippen molar-refractivity contribution in [1.82, 2.24) is 4.98 Å². The van der Waals surface area contributed by atoms with Crippen molar-refractivity contribution < 1.29 is 24.3 Å². The number of aryl methyl sites for hydroxylation is 2. The molecule has 0 bridgehead atoms. The van der Waals surface area contributed by atoms with Crippen molar-refractivity contribution in [3.8, 4) is 0 Å². The number of carbonyl (C=O) groups is 1. The van der Waals surface area contributed by atoms with Gasteiger partial charge in [-0.25, -0.2) is 19.1 Å². The Hall–Kier alpha value is -1.89. The van der Waals surface area contributed by atoms with E-state index in [2.05, 4.69) is 20.7 Å². The number of rotatable bonds is 5. The number of nitrogens with two attached hydrogens (primary N) is 1. The molecule has 0 aliphatic heterocycles. The van der Waals surface area contributed by atoms with Crippen molar-refractivity contribution in [3.05, 3.63) is 39.5 Å². The smallest absolute Gasteiger partial charge is 0.354 e. The number of nitrogens with one attached hydrogen (secondary N) is 1. The number of aliphatic hydroxyl groups is 3. The van der Waals surface area contributed by atoms with Crippen molar-refractivity contribution in [1.29, 1.82) is 0 Å². The molecule has 0 radical (unpaired) electrons. The third-order valence-electron chi connectivity index (χ3n) is 5.62. The van der Waals surface area contributed by atoms with Crippen LogP contribution in [0.3, 0.4) is 0 Å². The molecule has 1 aromatic carbocycles. The van der Waals surface area contributed by atoms with E-state index < -0.39 is 34.8 Å². The van der Waals surface area contributed by atoms with Crippen LogP contribution in [-0.2, 0) is 41.2 Å². The lowest BCUT2D eigenvalue weighted by Crippen LogP contribution is -2.34. The Morgan fingerprint density at radius 3 is 2.37 bits per heavy atom. The third kappa shape index (κ3) is 3.77. The first-order valence-corrected chi connectivity index (χ1v) is 12.1. The van der Waals surface area contributed by atoms with Gasteiger partial charge in [0.15, 0.2) is 15.5 Å². The molecular weight excluding hydrogens is 428 g/mol. The standard InChI is InChI=1S/C19H24N4O5S2/c20-30(28,15-8-21-17(29-15)19(27,9-24)10-25)23-18(26)22-16-13-5-1-3-11(13)7-12-4-2-6-14(12)16/h7-8,24-25,27H,1-6,9-10H2,(H3,20,22,23,26,28). The SMILES string of the molecule is NS(=O)(=NC(=O)Nc1c2c(cc3c1CCC3)CCC2)c1cnc(C(O)(CO)CO)s1. The van der Waals surface area contributed by atoms with Crippen LogP contribution in [0.4, 0.5) is 10.5 Å². The van der Waals surface area contributed by atoms with Crippen LogP contribution in [0, 0.1) is 0 Å². The fourth-order valence-electron chi connectivity index (χ4n) is 4.06. The molecule has 1 aromatic heterocycles. The van der Waals surface area contributed by atoms with Crippen LogP contribution in [0.25, 0.3) is 0 Å². The first kappa shape index (κ1) is 21.3. The van der Waals surface area contributed by atoms with Gasteiger partial charge in [-0.3, -0.25) is 0 Å². The maximum absolute atomic E-state index is 12.9. The van der Waals surface area contributed by atoms with E-state index in [0.29, 0.717) is 0 Å². The second-order valence-corrected chi connectivity index (χ2v) is 10.7. The molecule has 0 spiro atoms. The van der Waals surface area contributed by atoms with E-state index in [1.165, 1.54) is 11.1 Å². The molecule has 30 heavy (non-hydrogen) atoms. The van der Waals surface area contributed by atoms with Gasteiger partial charge in [0.1, 0.15) is 9.22 Å². The molecule has 1 atom stereocenters. The summed E-state index contributed by atoms with van der Waals surface area (Å²) in [5.41, 5.74) is 3.54. The minimum atomic E-state index is -3.62. The molecule has 0 saturated carbocycles. The highest BCUT2D eigenvalue weighted by atomic mass is 32.2. The normalized spacial score (nSPS) is 17.3. The lowest BCUT2D eigenvalue weighted by Gasteiger charge is -2.19. The molecule has 6 N–H and O–H groups in total. The van der Waals surface area contributed by atoms with Crippen molar-refractivity contribution in [2.45, 2.75) is 48.3 Å². The number of amides is 2. The van der Waals surface area contributed by atoms with E-state index in [9.17, 15) is 24.3 Å². The van der Waals surface area contributed by atoms with Gasteiger partial charge in [-0.1, -0.05) is 6.07 Å². The van der Waals surface area contributed by atoms with E-state index in [1.807, 2.05) is 0 Å². The summed E-state index contributed by atoms with van der Waals surface area (Å²) in [5.74, 6) is 0. The number of aromatic nitrogens is 1. The Balaban J connectivity index is 1.63. The predicted molar refractivity (Wildman–Crippen MR) is 113 cm³/mol. The quantitative estimate of drug-likeness (QED) is 0.459. The summed E-state index contributed by atoms with van der Waals surface area (Å²) < 4.78 is 16.5. The predicted octanol–water partition coefficient (Wildman–Crippen LogP) is 1.23. The number of nitrogens with zero attached hydrogens (tertiary/aromatic N) is 2. The lowest BCUT2D eigenvalue weighted by molar-refractivity contribution is -0.0599. The summed E-state index contributed by atoms with van der Waals surface area (Å²) in [6, 6.07) is 1.44. The Labute approximate surface area is 178 Å². The van der Waals surface area contributed by atoms with Gasteiger partial charge in [-0.15, -0.1) is 15.7 Å². The number of thiazole rings is 1. The molecule has 2 aliphatic rings. The number of urea groups is 1. The van der Waals surface area contributed by atoms with Crippen molar-refractivity contribution in [3.63, 3.8) is 0 Å². The zero-order valence-corrected chi connectivity index (χ0v) is 17.9. The topological polar surface area (TPSA) is 158 Å². The summed E-state index contributed by atoms with van der Waals surface area (Å²) in [6.45, 7) is -1.55. The maximum Gasteiger partial charge on any atom is 0.354 e. The Kier molecular flexibility index (Phi) is 5.68. The lowest BCUT2D eigenvalue weighted by atomic mass is 9.99.